The predicted molar refractivity (Wildman–Crippen MR) is 59.7 cm³/mol. The van der Waals surface area contributed by atoms with Crippen LogP contribution in [0.25, 0.3) is 0 Å². The van der Waals surface area contributed by atoms with Crippen LogP contribution in [-0.2, 0) is 4.74 Å². The molecule has 0 spiro atoms. The smallest absolute Gasteiger partial charge is 0.410 e. The van der Waals surface area contributed by atoms with Gasteiger partial charge in [0.2, 0.25) is 0 Å². The Kier molecular flexibility index (Phi) is 3.70. The summed E-state index contributed by atoms with van der Waals surface area (Å²) in [4.78, 5) is 13.5. The van der Waals surface area contributed by atoms with Crippen molar-refractivity contribution in [2.45, 2.75) is 39.3 Å². The molecule has 4 heteroatoms. The second-order valence-electron chi connectivity index (χ2n) is 4.60. The molecule has 1 heterocycles. The monoisotopic (exact) mass is 217 g/mol. The van der Waals surface area contributed by atoms with Crippen LogP contribution in [0.4, 0.5) is 4.79 Å². The Hall–Kier alpha value is -0.380. The molecule has 0 aromatic rings. The molecular formula is C10H19NO2S. The summed E-state index contributed by atoms with van der Waals surface area (Å²) in [6.45, 7) is 8.56. The van der Waals surface area contributed by atoms with E-state index in [2.05, 4.69) is 6.92 Å². The van der Waals surface area contributed by atoms with Crippen molar-refractivity contribution >= 4 is 17.9 Å². The Morgan fingerprint density at radius 1 is 1.50 bits per heavy atom. The van der Waals surface area contributed by atoms with Gasteiger partial charge in [-0.25, -0.2) is 4.79 Å². The molecule has 0 bridgehead atoms. The van der Waals surface area contributed by atoms with E-state index in [1.54, 1.807) is 0 Å². The lowest BCUT2D eigenvalue weighted by atomic mass is 10.2. The number of hydrogen-bond acceptors (Lipinski definition) is 3. The summed E-state index contributed by atoms with van der Waals surface area (Å²) in [5.74, 6) is 2.03. The zero-order valence-corrected chi connectivity index (χ0v) is 10.2. The maximum absolute atomic E-state index is 11.7. The van der Waals surface area contributed by atoms with Crippen LogP contribution in [0, 0.1) is 0 Å². The Morgan fingerprint density at radius 2 is 2.14 bits per heavy atom. The lowest BCUT2D eigenvalue weighted by Gasteiger charge is -2.34. The largest absolute Gasteiger partial charge is 0.444 e. The molecule has 0 saturated carbocycles. The normalized spacial score (nSPS) is 23.4. The van der Waals surface area contributed by atoms with Gasteiger partial charge < -0.3 is 9.64 Å². The van der Waals surface area contributed by atoms with E-state index in [1.165, 1.54) is 0 Å². The van der Waals surface area contributed by atoms with Gasteiger partial charge in [0.05, 0.1) is 0 Å². The first-order chi connectivity index (χ1) is 6.40. The van der Waals surface area contributed by atoms with Gasteiger partial charge in [0.1, 0.15) is 5.60 Å². The van der Waals surface area contributed by atoms with Gasteiger partial charge >= 0.3 is 6.09 Å². The van der Waals surface area contributed by atoms with Gasteiger partial charge in [-0.15, -0.1) is 0 Å². The summed E-state index contributed by atoms with van der Waals surface area (Å²) < 4.78 is 5.33. The van der Waals surface area contributed by atoms with Crippen molar-refractivity contribution in [1.82, 2.24) is 4.90 Å². The van der Waals surface area contributed by atoms with Crippen molar-refractivity contribution in [2.24, 2.45) is 0 Å². The van der Waals surface area contributed by atoms with Gasteiger partial charge in [0.15, 0.2) is 0 Å². The lowest BCUT2D eigenvalue weighted by Crippen LogP contribution is -2.46. The fraction of sp³-hybridized carbons (Fsp3) is 0.900. The number of nitrogens with zero attached hydrogens (tertiary/aromatic N) is 1. The highest BCUT2D eigenvalue weighted by Gasteiger charge is 2.27. The molecule has 82 valence electrons. The molecule has 0 radical (unpaired) electrons. The van der Waals surface area contributed by atoms with Crippen LogP contribution in [0.15, 0.2) is 0 Å². The minimum absolute atomic E-state index is 0.176. The molecule has 1 saturated heterocycles. The maximum atomic E-state index is 11.7. The fourth-order valence-corrected chi connectivity index (χ4v) is 2.33. The Balaban J connectivity index is 2.50. The summed E-state index contributed by atoms with van der Waals surface area (Å²) >= 11 is 1.89. The first-order valence-corrected chi connectivity index (χ1v) is 6.13. The first-order valence-electron chi connectivity index (χ1n) is 4.97. The van der Waals surface area contributed by atoms with Gasteiger partial charge in [-0.2, -0.15) is 11.8 Å². The molecule has 0 unspecified atom stereocenters. The van der Waals surface area contributed by atoms with Gasteiger partial charge in [-0.3, -0.25) is 0 Å². The molecule has 3 nitrogen and oxygen atoms in total. The average molecular weight is 217 g/mol. The Labute approximate surface area is 90.2 Å². The number of rotatable bonds is 0. The second-order valence-corrected chi connectivity index (χ2v) is 5.75. The van der Waals surface area contributed by atoms with Crippen molar-refractivity contribution in [3.8, 4) is 0 Å². The SMILES string of the molecule is C[C@H]1CSCCN1C(=O)OC(C)(C)C. The molecule has 1 atom stereocenters. The summed E-state index contributed by atoms with van der Waals surface area (Å²) in [7, 11) is 0. The zero-order valence-electron chi connectivity index (χ0n) is 9.37. The standard InChI is InChI=1S/C10H19NO2S/c1-8-7-14-6-5-11(8)9(12)13-10(2,3)4/h8H,5-7H2,1-4H3/t8-/m0/s1. The number of ether oxygens (including phenoxy) is 1. The Morgan fingerprint density at radius 3 is 2.64 bits per heavy atom. The summed E-state index contributed by atoms with van der Waals surface area (Å²) in [5.41, 5.74) is -0.388. The minimum Gasteiger partial charge on any atom is -0.444 e. The van der Waals surface area contributed by atoms with Crippen LogP contribution in [0.1, 0.15) is 27.7 Å². The molecule has 1 amide bonds. The third-order valence-electron chi connectivity index (χ3n) is 2.00. The van der Waals surface area contributed by atoms with E-state index >= 15 is 0 Å². The van der Waals surface area contributed by atoms with E-state index < -0.39 is 0 Å². The molecule has 0 aliphatic carbocycles. The molecule has 0 N–H and O–H groups in total. The third kappa shape index (κ3) is 3.40. The molecule has 1 aliphatic rings. The number of thioether (sulfide) groups is 1. The van der Waals surface area contributed by atoms with Crippen LogP contribution in [-0.4, -0.2) is 40.7 Å². The van der Waals surface area contributed by atoms with Crippen molar-refractivity contribution < 1.29 is 9.53 Å². The molecule has 0 aromatic heterocycles. The van der Waals surface area contributed by atoms with Crippen LogP contribution in [0.2, 0.25) is 0 Å². The third-order valence-corrected chi connectivity index (χ3v) is 3.19. The van der Waals surface area contributed by atoms with Crippen molar-refractivity contribution in [1.29, 1.82) is 0 Å². The maximum Gasteiger partial charge on any atom is 0.410 e. The highest BCUT2D eigenvalue weighted by atomic mass is 32.2. The van der Waals surface area contributed by atoms with Crippen LogP contribution in [0.3, 0.4) is 0 Å². The number of carbonyl (C=O) groups is 1. The number of carbonyl (C=O) groups excluding carboxylic acids is 1. The van der Waals surface area contributed by atoms with Crippen molar-refractivity contribution in [3.05, 3.63) is 0 Å². The molecule has 1 rings (SSSR count). The molecule has 1 fully saturated rings. The molecule has 0 aromatic carbocycles. The predicted octanol–water partition coefficient (Wildman–Crippen LogP) is 2.36. The van der Waals surface area contributed by atoms with Crippen molar-refractivity contribution in [3.63, 3.8) is 0 Å². The molecule has 14 heavy (non-hydrogen) atoms. The highest BCUT2D eigenvalue weighted by molar-refractivity contribution is 7.99. The van der Waals surface area contributed by atoms with Gasteiger partial charge in [-0.05, 0) is 27.7 Å². The van der Waals surface area contributed by atoms with E-state index in [0.29, 0.717) is 6.04 Å². The van der Waals surface area contributed by atoms with E-state index in [1.807, 2.05) is 37.4 Å². The quantitative estimate of drug-likeness (QED) is 0.624. The van der Waals surface area contributed by atoms with E-state index in [4.69, 9.17) is 4.74 Å². The Bertz CT molecular complexity index is 213. The summed E-state index contributed by atoms with van der Waals surface area (Å²) in [5, 5.41) is 0. The highest BCUT2D eigenvalue weighted by Crippen LogP contribution is 2.19. The van der Waals surface area contributed by atoms with E-state index in [-0.39, 0.29) is 11.7 Å². The average Bonchev–Trinajstić information content (AvgIpc) is 2.01. The lowest BCUT2D eigenvalue weighted by molar-refractivity contribution is 0.0202. The van der Waals surface area contributed by atoms with Crippen molar-refractivity contribution in [2.75, 3.05) is 18.1 Å². The molecule has 1 aliphatic heterocycles. The van der Waals surface area contributed by atoms with E-state index in [9.17, 15) is 4.79 Å². The number of amides is 1. The fourth-order valence-electron chi connectivity index (χ4n) is 1.32. The zero-order chi connectivity index (χ0) is 10.8. The second kappa shape index (κ2) is 4.43. The topological polar surface area (TPSA) is 29.5 Å². The molecular weight excluding hydrogens is 198 g/mol. The number of hydrogen-bond donors (Lipinski definition) is 0. The van der Waals surface area contributed by atoms with Gasteiger partial charge in [-0.1, -0.05) is 0 Å². The van der Waals surface area contributed by atoms with Gasteiger partial charge in [0.25, 0.3) is 0 Å². The van der Waals surface area contributed by atoms with Crippen LogP contribution < -0.4 is 0 Å². The first kappa shape index (κ1) is 11.7. The summed E-state index contributed by atoms with van der Waals surface area (Å²) in [6.07, 6.45) is -0.176. The van der Waals surface area contributed by atoms with E-state index in [0.717, 1.165) is 18.1 Å². The minimum atomic E-state index is -0.388. The van der Waals surface area contributed by atoms with Crippen LogP contribution >= 0.6 is 11.8 Å². The summed E-state index contributed by atoms with van der Waals surface area (Å²) in [6, 6.07) is 0.295. The van der Waals surface area contributed by atoms with Crippen LogP contribution in [0.5, 0.6) is 0 Å². The van der Waals surface area contributed by atoms with Gasteiger partial charge in [0, 0.05) is 24.1 Å².